The molecule has 1 atom stereocenters. The molecule has 0 saturated heterocycles. The van der Waals surface area contributed by atoms with Gasteiger partial charge in [0.1, 0.15) is 17.3 Å². The van der Waals surface area contributed by atoms with Crippen molar-refractivity contribution in [1.29, 1.82) is 0 Å². The Kier molecular flexibility index (Phi) is 4.70. The van der Waals surface area contributed by atoms with Crippen molar-refractivity contribution >= 4 is 55.7 Å². The lowest BCUT2D eigenvalue weighted by molar-refractivity contribution is 0.427. The molecule has 4 heteroatoms. The highest BCUT2D eigenvalue weighted by atomic mass is 16.4. The number of allylic oxidation sites excluding steroid dienone is 4. The van der Waals surface area contributed by atoms with Gasteiger partial charge in [-0.15, -0.1) is 0 Å². The lowest BCUT2D eigenvalue weighted by Gasteiger charge is -2.20. The average molecular weight is 505 g/mol. The van der Waals surface area contributed by atoms with Crippen molar-refractivity contribution in [2.24, 2.45) is 0 Å². The number of rotatable bonds is 4. The van der Waals surface area contributed by atoms with Gasteiger partial charge in [-0.05, 0) is 65.2 Å². The fourth-order valence-corrected chi connectivity index (χ4v) is 5.74. The van der Waals surface area contributed by atoms with E-state index in [-0.39, 0.29) is 6.17 Å². The molecular weight excluding hydrogens is 480 g/mol. The van der Waals surface area contributed by atoms with Crippen molar-refractivity contribution in [3.63, 3.8) is 0 Å². The fourth-order valence-electron chi connectivity index (χ4n) is 5.74. The molecule has 0 aliphatic carbocycles. The molecule has 2 aliphatic rings. The number of hydrogen-bond donors (Lipinski definition) is 1. The number of nitrogens with zero attached hydrogens (tertiary/aromatic N) is 1. The van der Waals surface area contributed by atoms with Crippen LogP contribution in [0.2, 0.25) is 0 Å². The first-order valence-corrected chi connectivity index (χ1v) is 13.1. The summed E-state index contributed by atoms with van der Waals surface area (Å²) in [5.41, 5.74) is 8.95. The third kappa shape index (κ3) is 3.39. The molecule has 0 spiro atoms. The lowest BCUT2D eigenvalue weighted by Crippen LogP contribution is -2.31. The van der Waals surface area contributed by atoms with Crippen molar-refractivity contribution in [3.8, 4) is 11.1 Å². The van der Waals surface area contributed by atoms with Crippen molar-refractivity contribution in [2.45, 2.75) is 6.17 Å². The summed E-state index contributed by atoms with van der Waals surface area (Å²) in [5.74, 6) is 0. The van der Waals surface area contributed by atoms with Gasteiger partial charge < -0.3 is 19.1 Å². The number of fused-ring (bicyclic) bond motifs is 8. The maximum absolute atomic E-state index is 6.35. The quantitative estimate of drug-likeness (QED) is 0.243. The van der Waals surface area contributed by atoms with E-state index in [1.807, 2.05) is 36.4 Å². The molecule has 0 bridgehead atoms. The Hall–Kier alpha value is -5.22. The van der Waals surface area contributed by atoms with Gasteiger partial charge in [0.25, 0.3) is 0 Å². The topological polar surface area (TPSA) is 41.6 Å². The van der Waals surface area contributed by atoms with Gasteiger partial charge in [-0.25, -0.2) is 0 Å². The molecule has 186 valence electrons. The van der Waals surface area contributed by atoms with Crippen LogP contribution in [0.15, 0.2) is 131 Å². The van der Waals surface area contributed by atoms with E-state index in [0.717, 1.165) is 71.8 Å². The van der Waals surface area contributed by atoms with Crippen LogP contribution < -0.4 is 5.32 Å². The van der Waals surface area contributed by atoms with Crippen LogP contribution in [0.25, 0.3) is 66.8 Å². The molecule has 39 heavy (non-hydrogen) atoms. The van der Waals surface area contributed by atoms with E-state index in [9.17, 15) is 0 Å². The largest absolute Gasteiger partial charge is 0.452 e. The minimum absolute atomic E-state index is 0.149. The van der Waals surface area contributed by atoms with Crippen molar-refractivity contribution < 1.29 is 8.83 Å². The molecule has 4 nitrogen and oxygen atoms in total. The molecule has 2 aromatic heterocycles. The maximum atomic E-state index is 6.35. The van der Waals surface area contributed by atoms with E-state index >= 15 is 0 Å². The molecule has 0 saturated carbocycles. The Morgan fingerprint density at radius 2 is 1.54 bits per heavy atom. The summed E-state index contributed by atoms with van der Waals surface area (Å²) in [6, 6.07) is 25.4. The van der Waals surface area contributed by atoms with Gasteiger partial charge in [-0.3, -0.25) is 0 Å². The lowest BCUT2D eigenvalue weighted by atomic mass is 9.96. The second-order valence-electron chi connectivity index (χ2n) is 9.93. The predicted molar refractivity (Wildman–Crippen MR) is 161 cm³/mol. The highest BCUT2D eigenvalue weighted by Crippen LogP contribution is 2.40. The van der Waals surface area contributed by atoms with Gasteiger partial charge in [0, 0.05) is 39.5 Å². The van der Waals surface area contributed by atoms with Crippen LogP contribution in [0, 0.1) is 0 Å². The second-order valence-corrected chi connectivity index (χ2v) is 9.93. The van der Waals surface area contributed by atoms with Gasteiger partial charge in [-0.2, -0.15) is 0 Å². The highest BCUT2D eigenvalue weighted by molar-refractivity contribution is 6.19. The van der Waals surface area contributed by atoms with Crippen LogP contribution in [-0.4, -0.2) is 11.1 Å². The molecule has 1 unspecified atom stereocenters. The number of benzene rings is 4. The number of furan rings is 2. The zero-order valence-corrected chi connectivity index (χ0v) is 21.1. The minimum Gasteiger partial charge on any atom is -0.452 e. The summed E-state index contributed by atoms with van der Waals surface area (Å²) in [6.07, 6.45) is 16.6. The van der Waals surface area contributed by atoms with Crippen molar-refractivity contribution in [3.05, 3.63) is 133 Å². The molecule has 4 heterocycles. The van der Waals surface area contributed by atoms with E-state index in [4.69, 9.17) is 8.83 Å². The van der Waals surface area contributed by atoms with Crippen molar-refractivity contribution in [2.75, 3.05) is 0 Å². The summed E-state index contributed by atoms with van der Waals surface area (Å²) in [5, 5.41) is 7.93. The molecular formula is C35H24N2O2. The van der Waals surface area contributed by atoms with Gasteiger partial charge in [0.15, 0.2) is 11.2 Å². The third-order valence-electron chi connectivity index (χ3n) is 7.64. The molecule has 1 N–H and O–H groups in total. The minimum atomic E-state index is 0.149. The van der Waals surface area contributed by atoms with Gasteiger partial charge in [-0.1, -0.05) is 67.3 Å². The van der Waals surface area contributed by atoms with Gasteiger partial charge in [0.2, 0.25) is 0 Å². The standard InChI is InChI=1S/C35H24N2O2/c1-2-3-8-24-19-22(12-14-25(24)30-21-37-18-7-6-11-33(37)36-30)23-13-17-32-29(20-23)28-16-15-27-26-9-4-5-10-31(26)38-34(27)35(28)39-32/h2-21,33,36H,1H2/b8-3-. The Morgan fingerprint density at radius 1 is 0.769 bits per heavy atom. The Labute approximate surface area is 225 Å². The van der Waals surface area contributed by atoms with E-state index < -0.39 is 0 Å². The Bertz CT molecular complexity index is 2080. The zero-order chi connectivity index (χ0) is 25.9. The molecule has 0 fully saturated rings. The molecule has 2 aliphatic heterocycles. The number of hydrogen-bond acceptors (Lipinski definition) is 4. The van der Waals surface area contributed by atoms with Crippen LogP contribution in [0.3, 0.4) is 0 Å². The average Bonchev–Trinajstić information content (AvgIpc) is 3.68. The summed E-state index contributed by atoms with van der Waals surface area (Å²) in [7, 11) is 0. The van der Waals surface area contributed by atoms with E-state index in [1.54, 1.807) is 0 Å². The Balaban J connectivity index is 1.25. The molecule has 4 aromatic carbocycles. The second kappa shape index (κ2) is 8.40. The van der Waals surface area contributed by atoms with E-state index in [2.05, 4.69) is 102 Å². The van der Waals surface area contributed by atoms with Crippen LogP contribution >= 0.6 is 0 Å². The SMILES string of the molecule is C=C/C=C\c1cc(-c2ccc3oc4c(ccc5c6ccccc6oc54)c3c2)ccc1C1=CN2C=CC=CC2N1. The third-order valence-corrected chi connectivity index (χ3v) is 7.64. The van der Waals surface area contributed by atoms with E-state index in [0.29, 0.717) is 0 Å². The molecule has 0 amide bonds. The van der Waals surface area contributed by atoms with Gasteiger partial charge in [0.05, 0.1) is 5.70 Å². The van der Waals surface area contributed by atoms with Gasteiger partial charge >= 0.3 is 0 Å². The zero-order valence-electron chi connectivity index (χ0n) is 21.1. The monoisotopic (exact) mass is 504 g/mol. The Morgan fingerprint density at radius 3 is 2.38 bits per heavy atom. The summed E-state index contributed by atoms with van der Waals surface area (Å²) >= 11 is 0. The first-order valence-electron chi connectivity index (χ1n) is 13.1. The summed E-state index contributed by atoms with van der Waals surface area (Å²) in [6.45, 7) is 3.87. The smallest absolute Gasteiger partial charge is 0.178 e. The number of nitrogens with one attached hydrogen (secondary N) is 1. The molecule has 6 aromatic rings. The van der Waals surface area contributed by atoms with Crippen LogP contribution in [-0.2, 0) is 0 Å². The van der Waals surface area contributed by atoms with Crippen LogP contribution in [0.4, 0.5) is 0 Å². The van der Waals surface area contributed by atoms with Crippen molar-refractivity contribution in [1.82, 2.24) is 10.2 Å². The van der Waals surface area contributed by atoms with E-state index in [1.165, 1.54) is 0 Å². The van der Waals surface area contributed by atoms with Crippen LogP contribution in [0.5, 0.6) is 0 Å². The first kappa shape index (κ1) is 21.8. The molecule has 0 radical (unpaired) electrons. The summed E-state index contributed by atoms with van der Waals surface area (Å²) < 4.78 is 12.6. The predicted octanol–water partition coefficient (Wildman–Crippen LogP) is 8.96. The maximum Gasteiger partial charge on any atom is 0.178 e. The summed E-state index contributed by atoms with van der Waals surface area (Å²) in [4.78, 5) is 2.18. The normalized spacial score (nSPS) is 16.6. The van der Waals surface area contributed by atoms with Crippen LogP contribution in [0.1, 0.15) is 11.1 Å². The molecule has 8 rings (SSSR count). The fraction of sp³-hybridized carbons (Fsp3) is 0.0286. The first-order chi connectivity index (χ1) is 19.3. The highest BCUT2D eigenvalue weighted by Gasteiger charge is 2.23. The number of para-hydroxylation sites is 1.